The predicted octanol–water partition coefficient (Wildman–Crippen LogP) is 2.57. The Morgan fingerprint density at radius 3 is 2.83 bits per heavy atom. The fourth-order valence-electron chi connectivity index (χ4n) is 3.95. The predicted molar refractivity (Wildman–Crippen MR) is 91.5 cm³/mol. The molecule has 1 amide bonds. The van der Waals surface area contributed by atoms with Crippen LogP contribution >= 0.6 is 0 Å². The van der Waals surface area contributed by atoms with E-state index in [0.29, 0.717) is 26.2 Å². The quantitative estimate of drug-likeness (QED) is 0.869. The van der Waals surface area contributed by atoms with Crippen LogP contribution in [0.15, 0.2) is 18.2 Å². The Labute approximate surface area is 143 Å². The van der Waals surface area contributed by atoms with Gasteiger partial charge in [0.2, 0.25) is 5.91 Å². The van der Waals surface area contributed by atoms with Crippen LogP contribution in [-0.2, 0) is 16.0 Å². The third-order valence-corrected chi connectivity index (χ3v) is 5.30. The Hall–Kier alpha value is -1.75. The minimum absolute atomic E-state index is 0.0749. The molecule has 5 heteroatoms. The van der Waals surface area contributed by atoms with Crippen molar-refractivity contribution in [2.75, 3.05) is 34.0 Å². The normalized spacial score (nSPS) is 21.7. The summed E-state index contributed by atoms with van der Waals surface area (Å²) < 4.78 is 16.5. The maximum Gasteiger partial charge on any atom is 0.226 e. The largest absolute Gasteiger partial charge is 0.493 e. The fraction of sp³-hybridized carbons (Fsp3) is 0.632. The number of methoxy groups -OCH3 is 2. The van der Waals surface area contributed by atoms with Crippen LogP contribution in [-0.4, -0.2) is 39.9 Å². The molecule has 1 aromatic rings. The summed E-state index contributed by atoms with van der Waals surface area (Å²) in [6.07, 6.45) is 5.39. The molecular weight excluding hydrogens is 306 g/mol. The molecule has 0 bridgehead atoms. The number of rotatable bonds is 6. The molecule has 1 fully saturated rings. The summed E-state index contributed by atoms with van der Waals surface area (Å²) in [5, 5.41) is 3.15. The summed E-state index contributed by atoms with van der Waals surface area (Å²) in [7, 11) is 3.37. The summed E-state index contributed by atoms with van der Waals surface area (Å²) in [5.74, 6) is 1.43. The molecule has 1 aliphatic carbocycles. The number of hydrogen-bond donors (Lipinski definition) is 1. The van der Waals surface area contributed by atoms with Crippen LogP contribution < -0.4 is 14.8 Å². The molecule has 0 radical (unpaired) electrons. The lowest BCUT2D eigenvalue weighted by Gasteiger charge is -2.30. The van der Waals surface area contributed by atoms with E-state index in [-0.39, 0.29) is 17.2 Å². The number of nitrogens with one attached hydrogen (secondary N) is 1. The van der Waals surface area contributed by atoms with Gasteiger partial charge in [-0.3, -0.25) is 4.79 Å². The highest BCUT2D eigenvalue weighted by molar-refractivity contribution is 5.79. The second kappa shape index (κ2) is 7.43. The highest BCUT2D eigenvalue weighted by Gasteiger charge is 2.35. The van der Waals surface area contributed by atoms with Gasteiger partial charge in [0, 0.05) is 19.1 Å². The number of ether oxygens (including phenoxy) is 3. The van der Waals surface area contributed by atoms with Crippen molar-refractivity contribution in [3.8, 4) is 11.5 Å². The van der Waals surface area contributed by atoms with Gasteiger partial charge in [-0.15, -0.1) is 0 Å². The van der Waals surface area contributed by atoms with Crippen LogP contribution in [0.25, 0.3) is 0 Å². The molecule has 1 N–H and O–H groups in total. The second-order valence-electron chi connectivity index (χ2n) is 7.02. The molecule has 1 aromatic carbocycles. The minimum Gasteiger partial charge on any atom is -0.493 e. The third-order valence-electron chi connectivity index (χ3n) is 5.30. The average Bonchev–Trinajstić information content (AvgIpc) is 3.07. The maximum atomic E-state index is 12.6. The van der Waals surface area contributed by atoms with Crippen molar-refractivity contribution in [3.05, 3.63) is 23.8 Å². The molecule has 0 aromatic heterocycles. The van der Waals surface area contributed by atoms with Crippen LogP contribution in [0.4, 0.5) is 0 Å². The second-order valence-corrected chi connectivity index (χ2v) is 7.02. The van der Waals surface area contributed by atoms with Gasteiger partial charge >= 0.3 is 0 Å². The lowest BCUT2D eigenvalue weighted by atomic mass is 9.86. The number of para-hydroxylation sites is 1. The van der Waals surface area contributed by atoms with Gasteiger partial charge < -0.3 is 19.5 Å². The average molecular weight is 333 g/mol. The van der Waals surface area contributed by atoms with Gasteiger partial charge in [0.1, 0.15) is 6.61 Å². The van der Waals surface area contributed by atoms with Gasteiger partial charge in [0.05, 0.1) is 19.6 Å². The first-order chi connectivity index (χ1) is 11.7. The lowest BCUT2D eigenvalue weighted by molar-refractivity contribution is -0.127. The molecule has 1 aliphatic heterocycles. The van der Waals surface area contributed by atoms with Gasteiger partial charge in [0.25, 0.3) is 0 Å². The lowest BCUT2D eigenvalue weighted by Crippen LogP contribution is -2.43. The van der Waals surface area contributed by atoms with Crippen molar-refractivity contribution in [3.63, 3.8) is 0 Å². The van der Waals surface area contributed by atoms with Gasteiger partial charge in [0.15, 0.2) is 11.5 Å². The topological polar surface area (TPSA) is 56.8 Å². The van der Waals surface area contributed by atoms with E-state index < -0.39 is 0 Å². The molecule has 0 saturated heterocycles. The third kappa shape index (κ3) is 3.51. The standard InChI is InChI=1S/C19H27NO4/c1-22-13-19(8-3-4-9-19)12-20-18(21)15-10-14-6-5-7-16(23-2)17(14)24-11-15/h5-7,15H,3-4,8-13H2,1-2H3,(H,20,21)/t15-/m0/s1. The number of carbonyl (C=O) groups is 1. The molecule has 3 rings (SSSR count). The first-order valence-electron chi connectivity index (χ1n) is 8.73. The number of hydrogen-bond acceptors (Lipinski definition) is 4. The molecule has 0 spiro atoms. The van der Waals surface area contributed by atoms with E-state index >= 15 is 0 Å². The Kier molecular flexibility index (Phi) is 5.29. The molecule has 5 nitrogen and oxygen atoms in total. The molecule has 1 atom stereocenters. The Bertz CT molecular complexity index is 581. The highest BCUT2D eigenvalue weighted by atomic mass is 16.5. The van der Waals surface area contributed by atoms with E-state index in [1.165, 1.54) is 12.8 Å². The monoisotopic (exact) mass is 333 g/mol. The van der Waals surface area contributed by atoms with Crippen molar-refractivity contribution in [2.24, 2.45) is 11.3 Å². The summed E-state index contributed by atoms with van der Waals surface area (Å²) in [5.41, 5.74) is 1.15. The number of amides is 1. The molecule has 24 heavy (non-hydrogen) atoms. The summed E-state index contributed by atoms with van der Waals surface area (Å²) in [4.78, 5) is 12.6. The molecule has 1 heterocycles. The van der Waals surface area contributed by atoms with Crippen molar-refractivity contribution >= 4 is 5.91 Å². The molecule has 132 valence electrons. The number of carbonyl (C=O) groups excluding carboxylic acids is 1. The van der Waals surface area contributed by atoms with Crippen LogP contribution in [0.2, 0.25) is 0 Å². The van der Waals surface area contributed by atoms with Crippen LogP contribution in [0.5, 0.6) is 11.5 Å². The van der Waals surface area contributed by atoms with Gasteiger partial charge in [-0.05, 0) is 30.9 Å². The number of fused-ring (bicyclic) bond motifs is 1. The number of benzene rings is 1. The van der Waals surface area contributed by atoms with E-state index in [2.05, 4.69) is 5.32 Å². The maximum absolute atomic E-state index is 12.6. The van der Waals surface area contributed by atoms with Crippen molar-refractivity contribution in [2.45, 2.75) is 32.1 Å². The SMILES string of the molecule is COCC1(CNC(=O)[C@@H]2COc3c(cccc3OC)C2)CCCC1. The van der Waals surface area contributed by atoms with Gasteiger partial charge in [-0.25, -0.2) is 0 Å². The van der Waals surface area contributed by atoms with Crippen LogP contribution in [0.1, 0.15) is 31.2 Å². The molecule has 0 unspecified atom stereocenters. The zero-order chi connectivity index (χ0) is 17.0. The zero-order valence-electron chi connectivity index (χ0n) is 14.6. The Balaban J connectivity index is 1.60. The molecular formula is C19H27NO4. The van der Waals surface area contributed by atoms with E-state index in [4.69, 9.17) is 14.2 Å². The van der Waals surface area contributed by atoms with Gasteiger partial charge in [-0.1, -0.05) is 25.0 Å². The summed E-state index contributed by atoms with van der Waals surface area (Å²) in [6.45, 7) is 1.81. The minimum atomic E-state index is -0.148. The summed E-state index contributed by atoms with van der Waals surface area (Å²) >= 11 is 0. The van der Waals surface area contributed by atoms with Crippen molar-refractivity contribution in [1.29, 1.82) is 0 Å². The smallest absolute Gasteiger partial charge is 0.226 e. The van der Waals surface area contributed by atoms with E-state index in [9.17, 15) is 4.79 Å². The van der Waals surface area contributed by atoms with Crippen molar-refractivity contribution in [1.82, 2.24) is 5.32 Å². The highest BCUT2D eigenvalue weighted by Crippen LogP contribution is 2.38. The van der Waals surface area contributed by atoms with Crippen LogP contribution in [0.3, 0.4) is 0 Å². The van der Waals surface area contributed by atoms with E-state index in [0.717, 1.165) is 29.9 Å². The Morgan fingerprint density at radius 2 is 2.12 bits per heavy atom. The fourth-order valence-corrected chi connectivity index (χ4v) is 3.95. The van der Waals surface area contributed by atoms with Crippen molar-refractivity contribution < 1.29 is 19.0 Å². The summed E-state index contributed by atoms with van der Waals surface area (Å²) in [6, 6.07) is 5.82. The molecule has 1 saturated carbocycles. The molecule has 2 aliphatic rings. The zero-order valence-corrected chi connectivity index (χ0v) is 14.6. The van der Waals surface area contributed by atoms with Gasteiger partial charge in [-0.2, -0.15) is 0 Å². The first-order valence-corrected chi connectivity index (χ1v) is 8.73. The van der Waals surface area contributed by atoms with E-state index in [1.54, 1.807) is 14.2 Å². The first kappa shape index (κ1) is 17.1. The Morgan fingerprint density at radius 1 is 1.33 bits per heavy atom. The van der Waals surface area contributed by atoms with E-state index in [1.807, 2.05) is 18.2 Å². The van der Waals surface area contributed by atoms with Crippen LogP contribution in [0, 0.1) is 11.3 Å².